The first-order valence-electron chi connectivity index (χ1n) is 3.71. The molecule has 0 aliphatic heterocycles. The molecule has 1 unspecified atom stereocenters. The van der Waals surface area contributed by atoms with E-state index < -0.39 is 0 Å². The molecule has 1 nitrogen and oxygen atoms in total. The summed E-state index contributed by atoms with van der Waals surface area (Å²) in [6.45, 7) is 0. The lowest BCUT2D eigenvalue weighted by molar-refractivity contribution is 0.468. The SMILES string of the molecule is Oc1ccccc1CC(Br)CBr. The number of hydrogen-bond donors (Lipinski definition) is 1. The number of phenols is 1. The van der Waals surface area contributed by atoms with E-state index >= 15 is 0 Å². The van der Waals surface area contributed by atoms with Crippen LogP contribution in [0.25, 0.3) is 0 Å². The molecule has 0 aliphatic rings. The lowest BCUT2D eigenvalue weighted by Crippen LogP contribution is -2.03. The summed E-state index contributed by atoms with van der Waals surface area (Å²) in [5.74, 6) is 0.378. The molecular formula is C9H10Br2O. The maximum absolute atomic E-state index is 9.42. The van der Waals surface area contributed by atoms with Crippen LogP contribution in [-0.2, 0) is 6.42 Å². The molecule has 1 aromatic rings. The van der Waals surface area contributed by atoms with Crippen molar-refractivity contribution in [1.29, 1.82) is 0 Å². The summed E-state index contributed by atoms with van der Waals surface area (Å²) in [6.07, 6.45) is 0.845. The predicted molar refractivity (Wildman–Crippen MR) is 58.3 cm³/mol. The van der Waals surface area contributed by atoms with Gasteiger partial charge in [0.2, 0.25) is 0 Å². The van der Waals surface area contributed by atoms with Crippen LogP contribution < -0.4 is 0 Å². The molecule has 0 saturated carbocycles. The Labute approximate surface area is 89.1 Å². The topological polar surface area (TPSA) is 20.2 Å². The molecule has 0 aromatic heterocycles. The molecule has 0 bridgehead atoms. The first kappa shape index (κ1) is 10.1. The Morgan fingerprint density at radius 2 is 2.00 bits per heavy atom. The van der Waals surface area contributed by atoms with Gasteiger partial charge in [-0.05, 0) is 18.1 Å². The summed E-state index contributed by atoms with van der Waals surface area (Å²) in [4.78, 5) is 0.380. The highest BCUT2D eigenvalue weighted by atomic mass is 79.9. The fourth-order valence-corrected chi connectivity index (χ4v) is 1.55. The zero-order chi connectivity index (χ0) is 8.97. The summed E-state index contributed by atoms with van der Waals surface area (Å²) < 4.78 is 0. The first-order valence-corrected chi connectivity index (χ1v) is 5.74. The van der Waals surface area contributed by atoms with E-state index in [0.29, 0.717) is 10.6 Å². The Morgan fingerprint density at radius 3 is 2.58 bits per heavy atom. The third kappa shape index (κ3) is 2.79. The average molecular weight is 294 g/mol. The highest BCUT2D eigenvalue weighted by Crippen LogP contribution is 2.20. The minimum atomic E-state index is 0.378. The molecule has 1 atom stereocenters. The van der Waals surface area contributed by atoms with Crippen LogP contribution >= 0.6 is 31.9 Å². The Bertz CT molecular complexity index is 250. The molecule has 1 N–H and O–H groups in total. The Kier molecular flexibility index (Phi) is 4.09. The van der Waals surface area contributed by atoms with E-state index in [4.69, 9.17) is 0 Å². The molecule has 0 heterocycles. The van der Waals surface area contributed by atoms with E-state index in [-0.39, 0.29) is 0 Å². The first-order chi connectivity index (χ1) is 5.74. The van der Waals surface area contributed by atoms with Gasteiger partial charge in [-0.15, -0.1) is 0 Å². The van der Waals surface area contributed by atoms with Gasteiger partial charge in [0.15, 0.2) is 0 Å². The van der Waals surface area contributed by atoms with E-state index in [1.54, 1.807) is 6.07 Å². The summed E-state index contributed by atoms with van der Waals surface area (Å²) in [7, 11) is 0. The molecule has 3 heteroatoms. The highest BCUT2D eigenvalue weighted by Gasteiger charge is 2.06. The minimum absolute atomic E-state index is 0.378. The third-order valence-electron chi connectivity index (χ3n) is 1.60. The van der Waals surface area contributed by atoms with Gasteiger partial charge in [0.1, 0.15) is 5.75 Å². The molecule has 0 aliphatic carbocycles. The largest absolute Gasteiger partial charge is 0.508 e. The second-order valence-electron chi connectivity index (χ2n) is 2.58. The van der Waals surface area contributed by atoms with Crippen molar-refractivity contribution in [3.63, 3.8) is 0 Å². The van der Waals surface area contributed by atoms with Crippen molar-refractivity contribution in [3.05, 3.63) is 29.8 Å². The van der Waals surface area contributed by atoms with Crippen LogP contribution in [0.3, 0.4) is 0 Å². The molecule has 1 aromatic carbocycles. The monoisotopic (exact) mass is 292 g/mol. The lowest BCUT2D eigenvalue weighted by atomic mass is 10.1. The highest BCUT2D eigenvalue weighted by molar-refractivity contribution is 9.12. The number of halogens is 2. The fourth-order valence-electron chi connectivity index (χ4n) is 0.977. The van der Waals surface area contributed by atoms with Crippen molar-refractivity contribution in [2.24, 2.45) is 0 Å². The van der Waals surface area contributed by atoms with Crippen LogP contribution in [0, 0.1) is 0 Å². The molecule has 12 heavy (non-hydrogen) atoms. The Balaban J connectivity index is 2.69. The van der Waals surface area contributed by atoms with Crippen molar-refractivity contribution in [2.75, 3.05) is 5.33 Å². The van der Waals surface area contributed by atoms with Gasteiger partial charge in [-0.1, -0.05) is 50.1 Å². The fraction of sp³-hybridized carbons (Fsp3) is 0.333. The van der Waals surface area contributed by atoms with Gasteiger partial charge in [-0.25, -0.2) is 0 Å². The summed E-state index contributed by atoms with van der Waals surface area (Å²) in [5.41, 5.74) is 0.985. The number of phenolic OH excluding ortho intramolecular Hbond substituents is 1. The van der Waals surface area contributed by atoms with Crippen molar-refractivity contribution in [2.45, 2.75) is 11.2 Å². The molecule has 0 amide bonds. The summed E-state index contributed by atoms with van der Waals surface area (Å²) in [6, 6.07) is 7.41. The van der Waals surface area contributed by atoms with Crippen LogP contribution in [0.4, 0.5) is 0 Å². The standard InChI is InChI=1S/C9H10Br2O/c10-6-8(11)5-7-3-1-2-4-9(7)12/h1-4,8,12H,5-6H2. The maximum atomic E-state index is 9.42. The predicted octanol–water partition coefficient (Wildman–Crippen LogP) is 3.09. The van der Waals surface area contributed by atoms with E-state index in [1.807, 2.05) is 18.2 Å². The van der Waals surface area contributed by atoms with Gasteiger partial charge in [-0.2, -0.15) is 0 Å². The van der Waals surface area contributed by atoms with Crippen LogP contribution in [0.5, 0.6) is 5.75 Å². The van der Waals surface area contributed by atoms with Gasteiger partial charge in [0.05, 0.1) is 0 Å². The second kappa shape index (κ2) is 4.87. The molecule has 1 rings (SSSR count). The Hall–Kier alpha value is -0.0200. The zero-order valence-electron chi connectivity index (χ0n) is 6.50. The van der Waals surface area contributed by atoms with Crippen LogP contribution in [0.2, 0.25) is 0 Å². The third-order valence-corrected chi connectivity index (χ3v) is 3.90. The van der Waals surface area contributed by atoms with Gasteiger partial charge in [0.25, 0.3) is 0 Å². The van der Waals surface area contributed by atoms with Gasteiger partial charge < -0.3 is 5.11 Å². The molecule has 66 valence electrons. The van der Waals surface area contributed by atoms with Crippen LogP contribution in [0.15, 0.2) is 24.3 Å². The lowest BCUT2D eigenvalue weighted by Gasteiger charge is -2.06. The van der Waals surface area contributed by atoms with E-state index in [1.165, 1.54) is 0 Å². The van der Waals surface area contributed by atoms with E-state index in [2.05, 4.69) is 31.9 Å². The van der Waals surface area contributed by atoms with E-state index in [9.17, 15) is 5.11 Å². The average Bonchev–Trinajstić information content (AvgIpc) is 2.09. The molecule has 0 spiro atoms. The van der Waals surface area contributed by atoms with Gasteiger partial charge in [0, 0.05) is 10.2 Å². The van der Waals surface area contributed by atoms with Crippen molar-refractivity contribution >= 4 is 31.9 Å². The smallest absolute Gasteiger partial charge is 0.118 e. The van der Waals surface area contributed by atoms with E-state index in [0.717, 1.165) is 17.3 Å². The zero-order valence-corrected chi connectivity index (χ0v) is 9.68. The molecule has 0 radical (unpaired) electrons. The van der Waals surface area contributed by atoms with Crippen molar-refractivity contribution < 1.29 is 5.11 Å². The number of alkyl halides is 2. The normalized spacial score (nSPS) is 12.8. The summed E-state index contributed by atoms with van der Waals surface area (Å²) >= 11 is 6.86. The quantitative estimate of drug-likeness (QED) is 0.849. The molecule has 0 fully saturated rings. The number of aromatic hydroxyl groups is 1. The number of hydrogen-bond acceptors (Lipinski definition) is 1. The number of rotatable bonds is 3. The Morgan fingerprint density at radius 1 is 1.33 bits per heavy atom. The van der Waals surface area contributed by atoms with Crippen molar-refractivity contribution in [3.8, 4) is 5.75 Å². The van der Waals surface area contributed by atoms with Gasteiger partial charge >= 0.3 is 0 Å². The van der Waals surface area contributed by atoms with Crippen molar-refractivity contribution in [1.82, 2.24) is 0 Å². The number of para-hydroxylation sites is 1. The maximum Gasteiger partial charge on any atom is 0.118 e. The van der Waals surface area contributed by atoms with Crippen LogP contribution in [-0.4, -0.2) is 15.3 Å². The number of benzene rings is 1. The minimum Gasteiger partial charge on any atom is -0.508 e. The molecular weight excluding hydrogens is 284 g/mol. The van der Waals surface area contributed by atoms with Crippen LogP contribution in [0.1, 0.15) is 5.56 Å². The van der Waals surface area contributed by atoms with Gasteiger partial charge in [-0.3, -0.25) is 0 Å². The molecule has 0 saturated heterocycles. The second-order valence-corrected chi connectivity index (χ2v) is 4.53. The summed E-state index contributed by atoms with van der Waals surface area (Å²) in [5, 5.41) is 10.3.